The summed E-state index contributed by atoms with van der Waals surface area (Å²) in [7, 11) is -0.399. The summed E-state index contributed by atoms with van der Waals surface area (Å²) < 4.78 is 12.1. The molecule has 0 aliphatic carbocycles. The highest BCUT2D eigenvalue weighted by Gasteiger charge is 2.52. The Balaban J connectivity index is 2.28. The summed E-state index contributed by atoms with van der Waals surface area (Å²) in [4.78, 5) is 0. The van der Waals surface area contributed by atoms with Crippen LogP contribution in [-0.2, 0) is 9.31 Å². The minimum Gasteiger partial charge on any atom is -0.400 e. The van der Waals surface area contributed by atoms with E-state index in [0.717, 1.165) is 11.0 Å². The van der Waals surface area contributed by atoms with Crippen molar-refractivity contribution in [1.82, 2.24) is 0 Å². The third kappa shape index (κ3) is 3.42. The monoisotopic (exact) mass is 325 g/mol. The van der Waals surface area contributed by atoms with Crippen LogP contribution >= 0.6 is 24.2 Å². The Hall–Kier alpha value is -0.615. The Morgan fingerprint density at radius 3 is 2.33 bits per heavy atom. The first-order valence-corrected chi connectivity index (χ1v) is 7.89. The molecule has 1 aliphatic rings. The van der Waals surface area contributed by atoms with Gasteiger partial charge in [-0.25, -0.2) is 0 Å². The summed E-state index contributed by atoms with van der Waals surface area (Å²) in [6.45, 7) is 8.12. The van der Waals surface area contributed by atoms with Gasteiger partial charge in [-0.3, -0.25) is 0 Å². The van der Waals surface area contributed by atoms with Gasteiger partial charge < -0.3 is 15.0 Å². The lowest BCUT2D eigenvalue weighted by Crippen LogP contribution is -2.41. The Morgan fingerprint density at radius 2 is 1.86 bits per heavy atom. The molecule has 0 radical (unpaired) electrons. The molecule has 2 N–H and O–H groups in total. The van der Waals surface area contributed by atoms with Gasteiger partial charge in [0.25, 0.3) is 0 Å². The van der Waals surface area contributed by atoms with Crippen molar-refractivity contribution >= 4 is 43.1 Å². The van der Waals surface area contributed by atoms with Crippen LogP contribution in [0.15, 0.2) is 23.7 Å². The van der Waals surface area contributed by atoms with E-state index in [0.29, 0.717) is 16.5 Å². The van der Waals surface area contributed by atoms with Gasteiger partial charge in [0, 0.05) is 5.75 Å². The van der Waals surface area contributed by atoms with Crippen LogP contribution < -0.4 is 5.73 Å². The molecule has 1 saturated heterocycles. The summed E-state index contributed by atoms with van der Waals surface area (Å²) in [5.74, 6) is 0.541. The highest BCUT2D eigenvalue weighted by atomic mass is 35.5. The largest absolute Gasteiger partial charge is 0.491 e. The minimum atomic E-state index is -0.399. The molecule has 1 fully saturated rings. The Labute approximate surface area is 137 Å². The maximum atomic E-state index is 6.05. The number of nitrogen functional groups attached to an aromatic ring is 1. The number of nitrogens with two attached hydrogens (primary N) is 1. The van der Waals surface area contributed by atoms with Crippen molar-refractivity contribution in [2.24, 2.45) is 0 Å². The topological polar surface area (TPSA) is 44.5 Å². The number of anilines is 1. The first kappa shape index (κ1) is 16.8. The van der Waals surface area contributed by atoms with E-state index in [9.17, 15) is 0 Å². The number of hydrogen-bond donors (Lipinski definition) is 2. The van der Waals surface area contributed by atoms with Crippen LogP contribution in [0.5, 0.6) is 0 Å². The summed E-state index contributed by atoms with van der Waals surface area (Å²) in [5, 5.41) is 0.551. The fourth-order valence-electron chi connectivity index (χ4n) is 2.05. The van der Waals surface area contributed by atoms with Gasteiger partial charge in [-0.2, -0.15) is 12.6 Å². The fraction of sp³-hybridized carbons (Fsp3) is 0.467. The molecule has 0 aromatic heterocycles. The Morgan fingerprint density at radius 1 is 1.29 bits per heavy atom. The number of benzene rings is 1. The number of halogens is 1. The van der Waals surface area contributed by atoms with Crippen molar-refractivity contribution in [3.63, 3.8) is 0 Å². The van der Waals surface area contributed by atoms with Crippen LogP contribution in [0.3, 0.4) is 0 Å². The molecule has 3 nitrogen and oxygen atoms in total. The van der Waals surface area contributed by atoms with E-state index in [1.165, 1.54) is 0 Å². The van der Waals surface area contributed by atoms with Crippen LogP contribution in [0.25, 0.3) is 6.08 Å². The first-order valence-electron chi connectivity index (χ1n) is 6.88. The molecule has 0 amide bonds. The molecule has 1 aromatic rings. The summed E-state index contributed by atoms with van der Waals surface area (Å²) in [5.41, 5.74) is 7.57. The number of thiol groups is 1. The Kier molecular flexibility index (Phi) is 4.69. The van der Waals surface area contributed by atoms with Gasteiger partial charge in [0.1, 0.15) is 0 Å². The van der Waals surface area contributed by atoms with Crippen LogP contribution in [0, 0.1) is 0 Å². The molecular weight excluding hydrogens is 305 g/mol. The zero-order valence-corrected chi connectivity index (χ0v) is 14.5. The van der Waals surface area contributed by atoms with E-state index in [-0.39, 0.29) is 11.2 Å². The van der Waals surface area contributed by atoms with Crippen LogP contribution in [0.2, 0.25) is 5.02 Å². The molecule has 1 heterocycles. The highest BCUT2D eigenvalue weighted by molar-refractivity contribution is 7.80. The normalized spacial score (nSPS) is 20.9. The lowest BCUT2D eigenvalue weighted by Gasteiger charge is -2.32. The lowest BCUT2D eigenvalue weighted by atomic mass is 9.78. The summed E-state index contributed by atoms with van der Waals surface area (Å²) >= 11 is 10.3. The maximum Gasteiger partial charge on any atom is 0.491 e. The van der Waals surface area contributed by atoms with E-state index < -0.39 is 7.12 Å². The molecule has 114 valence electrons. The predicted molar refractivity (Wildman–Crippen MR) is 93.8 cm³/mol. The molecule has 0 spiro atoms. The van der Waals surface area contributed by atoms with E-state index in [1.807, 2.05) is 45.9 Å². The number of hydrogen-bond acceptors (Lipinski definition) is 4. The van der Waals surface area contributed by atoms with Crippen LogP contribution in [0.1, 0.15) is 33.3 Å². The summed E-state index contributed by atoms with van der Waals surface area (Å²) in [6.07, 6.45) is 1.99. The van der Waals surface area contributed by atoms with Gasteiger partial charge in [-0.15, -0.1) is 0 Å². The lowest BCUT2D eigenvalue weighted by molar-refractivity contribution is 0.00578. The van der Waals surface area contributed by atoms with Gasteiger partial charge >= 0.3 is 7.12 Å². The molecule has 1 aromatic carbocycles. The van der Waals surface area contributed by atoms with Crippen molar-refractivity contribution < 1.29 is 9.31 Å². The summed E-state index contributed by atoms with van der Waals surface area (Å²) in [6, 6.07) is 5.52. The maximum absolute atomic E-state index is 6.05. The molecule has 0 unspecified atom stereocenters. The average Bonchev–Trinajstić information content (AvgIpc) is 2.59. The zero-order chi connectivity index (χ0) is 15.8. The van der Waals surface area contributed by atoms with Crippen molar-refractivity contribution in [1.29, 1.82) is 0 Å². The second-order valence-corrected chi connectivity index (χ2v) is 6.97. The number of rotatable bonds is 3. The van der Waals surface area contributed by atoms with Gasteiger partial charge in [-0.05, 0) is 50.9 Å². The molecule has 21 heavy (non-hydrogen) atoms. The molecule has 6 heteroatoms. The van der Waals surface area contributed by atoms with Gasteiger partial charge in [0.15, 0.2) is 0 Å². The third-order valence-electron chi connectivity index (χ3n) is 4.11. The van der Waals surface area contributed by atoms with Crippen molar-refractivity contribution in [2.45, 2.75) is 38.9 Å². The van der Waals surface area contributed by atoms with Crippen molar-refractivity contribution in [2.75, 3.05) is 11.5 Å². The van der Waals surface area contributed by atoms with Gasteiger partial charge in [-0.1, -0.05) is 23.7 Å². The second-order valence-electron chi connectivity index (χ2n) is 6.25. The molecule has 0 atom stereocenters. The fourth-order valence-corrected chi connectivity index (χ4v) is 2.41. The standard InChI is InChI=1S/C15H21BClNO2S/c1-14(2)15(3,4)20-16(19-14)11(9-21)7-10-5-6-12(17)13(18)8-10/h5-8,21H,9,18H2,1-4H3. The third-order valence-corrected chi connectivity index (χ3v) is 4.82. The van der Waals surface area contributed by atoms with E-state index in [1.54, 1.807) is 6.07 Å². The second kappa shape index (κ2) is 5.88. The average molecular weight is 326 g/mol. The van der Waals surface area contributed by atoms with E-state index in [4.69, 9.17) is 26.6 Å². The smallest absolute Gasteiger partial charge is 0.400 e. The zero-order valence-electron chi connectivity index (χ0n) is 12.8. The molecule has 0 saturated carbocycles. The van der Waals surface area contributed by atoms with Crippen molar-refractivity contribution in [3.8, 4) is 0 Å². The SMILES string of the molecule is CC1(C)OB(C(=Cc2ccc(Cl)c(N)c2)CS)OC1(C)C. The molecular formula is C15H21BClNO2S. The molecule has 0 bridgehead atoms. The van der Waals surface area contributed by atoms with Gasteiger partial charge in [0.05, 0.1) is 21.9 Å². The highest BCUT2D eigenvalue weighted by Crippen LogP contribution is 2.39. The van der Waals surface area contributed by atoms with E-state index in [2.05, 4.69) is 12.6 Å². The van der Waals surface area contributed by atoms with E-state index >= 15 is 0 Å². The molecule has 2 rings (SSSR count). The minimum absolute atomic E-state index is 0.362. The predicted octanol–water partition coefficient (Wildman–Crippen LogP) is 3.87. The van der Waals surface area contributed by atoms with Crippen LogP contribution in [-0.4, -0.2) is 24.1 Å². The quantitative estimate of drug-likeness (QED) is 0.504. The van der Waals surface area contributed by atoms with Crippen molar-refractivity contribution in [3.05, 3.63) is 34.3 Å². The Bertz CT molecular complexity index is 559. The molecule has 1 aliphatic heterocycles. The van der Waals surface area contributed by atoms with Crippen LogP contribution in [0.4, 0.5) is 5.69 Å². The first-order chi connectivity index (χ1) is 9.66. The van der Waals surface area contributed by atoms with Gasteiger partial charge in [0.2, 0.25) is 0 Å².